The Hall–Kier alpha value is -2.86. The molecule has 0 unspecified atom stereocenters. The van der Waals surface area contributed by atoms with Gasteiger partial charge < -0.3 is 9.64 Å². The van der Waals surface area contributed by atoms with E-state index in [2.05, 4.69) is 34.1 Å². The van der Waals surface area contributed by atoms with E-state index in [1.54, 1.807) is 13.3 Å². The SMILES string of the molecule is COCCCc1cccc(N(C)Cc2ccc(-c3ccc(C(F)(F)F)cc3)nc2)c1. The topological polar surface area (TPSA) is 25.4 Å². The monoisotopic (exact) mass is 414 g/mol. The molecule has 0 N–H and O–H groups in total. The number of hydrogen-bond donors (Lipinski definition) is 0. The summed E-state index contributed by atoms with van der Waals surface area (Å²) in [5.41, 5.74) is 4.07. The van der Waals surface area contributed by atoms with Crippen LogP contribution < -0.4 is 4.90 Å². The molecule has 0 atom stereocenters. The smallest absolute Gasteiger partial charge is 0.385 e. The molecular formula is C24H25F3N2O. The van der Waals surface area contributed by atoms with Crippen LogP contribution in [0.4, 0.5) is 18.9 Å². The lowest BCUT2D eigenvalue weighted by molar-refractivity contribution is -0.137. The van der Waals surface area contributed by atoms with Crippen LogP contribution in [0.25, 0.3) is 11.3 Å². The Morgan fingerprint density at radius 3 is 2.37 bits per heavy atom. The highest BCUT2D eigenvalue weighted by Gasteiger charge is 2.29. The van der Waals surface area contributed by atoms with Crippen molar-refractivity contribution >= 4 is 5.69 Å². The summed E-state index contributed by atoms with van der Waals surface area (Å²) in [5.74, 6) is 0. The average molecular weight is 414 g/mol. The highest BCUT2D eigenvalue weighted by molar-refractivity contribution is 5.59. The Labute approximate surface area is 175 Å². The number of anilines is 1. The fourth-order valence-electron chi connectivity index (χ4n) is 3.25. The molecule has 158 valence electrons. The second kappa shape index (κ2) is 9.76. The Morgan fingerprint density at radius 1 is 0.967 bits per heavy atom. The van der Waals surface area contributed by atoms with Gasteiger partial charge in [-0.3, -0.25) is 4.98 Å². The van der Waals surface area contributed by atoms with Crippen molar-refractivity contribution in [2.45, 2.75) is 25.6 Å². The Balaban J connectivity index is 1.65. The molecule has 0 aliphatic carbocycles. The van der Waals surface area contributed by atoms with E-state index in [1.165, 1.54) is 17.7 Å². The molecule has 0 saturated heterocycles. The van der Waals surface area contributed by atoms with E-state index in [-0.39, 0.29) is 0 Å². The van der Waals surface area contributed by atoms with Crippen LogP contribution in [0.1, 0.15) is 23.1 Å². The van der Waals surface area contributed by atoms with Gasteiger partial charge in [-0.2, -0.15) is 13.2 Å². The van der Waals surface area contributed by atoms with Gasteiger partial charge in [-0.05, 0) is 54.3 Å². The Kier molecular flexibility index (Phi) is 7.11. The summed E-state index contributed by atoms with van der Waals surface area (Å²) in [6.45, 7) is 1.43. The minimum atomic E-state index is -4.33. The van der Waals surface area contributed by atoms with E-state index >= 15 is 0 Å². The van der Waals surface area contributed by atoms with Gasteiger partial charge in [-0.15, -0.1) is 0 Å². The number of pyridine rings is 1. The molecule has 3 rings (SSSR count). The number of halogens is 3. The minimum absolute atomic E-state index is 0.648. The van der Waals surface area contributed by atoms with Crippen molar-refractivity contribution < 1.29 is 17.9 Å². The van der Waals surface area contributed by atoms with Crippen molar-refractivity contribution in [2.24, 2.45) is 0 Å². The first-order valence-corrected chi connectivity index (χ1v) is 9.78. The van der Waals surface area contributed by atoms with Crippen LogP contribution in [0, 0.1) is 0 Å². The van der Waals surface area contributed by atoms with Gasteiger partial charge in [0, 0.05) is 44.8 Å². The number of benzene rings is 2. The molecule has 0 radical (unpaired) electrons. The number of alkyl halides is 3. The third-order valence-electron chi connectivity index (χ3n) is 4.92. The van der Waals surface area contributed by atoms with E-state index in [4.69, 9.17) is 4.74 Å². The molecule has 0 aliphatic rings. The predicted molar refractivity (Wildman–Crippen MR) is 113 cm³/mol. The zero-order valence-corrected chi connectivity index (χ0v) is 17.1. The maximum absolute atomic E-state index is 12.7. The van der Waals surface area contributed by atoms with E-state index in [9.17, 15) is 13.2 Å². The van der Waals surface area contributed by atoms with Crippen molar-refractivity contribution in [1.29, 1.82) is 0 Å². The van der Waals surface area contributed by atoms with Crippen LogP contribution in [-0.2, 0) is 23.9 Å². The van der Waals surface area contributed by atoms with Crippen LogP contribution >= 0.6 is 0 Å². The number of hydrogen-bond acceptors (Lipinski definition) is 3. The molecule has 6 heteroatoms. The largest absolute Gasteiger partial charge is 0.416 e. The van der Waals surface area contributed by atoms with Gasteiger partial charge in [0.25, 0.3) is 0 Å². The maximum atomic E-state index is 12.7. The van der Waals surface area contributed by atoms with Crippen molar-refractivity contribution in [3.63, 3.8) is 0 Å². The molecule has 1 heterocycles. The first kappa shape index (κ1) is 21.8. The van der Waals surface area contributed by atoms with E-state index in [0.29, 0.717) is 17.8 Å². The number of rotatable bonds is 8. The molecule has 30 heavy (non-hydrogen) atoms. The summed E-state index contributed by atoms with van der Waals surface area (Å²) < 4.78 is 43.3. The second-order valence-corrected chi connectivity index (χ2v) is 7.25. The molecule has 0 fully saturated rings. The van der Waals surface area contributed by atoms with E-state index in [0.717, 1.165) is 42.8 Å². The van der Waals surface area contributed by atoms with Crippen molar-refractivity contribution in [2.75, 3.05) is 25.7 Å². The second-order valence-electron chi connectivity index (χ2n) is 7.25. The first-order chi connectivity index (χ1) is 14.4. The maximum Gasteiger partial charge on any atom is 0.416 e. The van der Waals surface area contributed by atoms with Gasteiger partial charge in [0.05, 0.1) is 11.3 Å². The zero-order valence-electron chi connectivity index (χ0n) is 17.1. The number of aromatic nitrogens is 1. The Bertz CT molecular complexity index is 938. The van der Waals surface area contributed by atoms with Crippen LogP contribution in [0.5, 0.6) is 0 Å². The van der Waals surface area contributed by atoms with E-state index < -0.39 is 11.7 Å². The van der Waals surface area contributed by atoms with Crippen molar-refractivity contribution in [3.8, 4) is 11.3 Å². The third-order valence-corrected chi connectivity index (χ3v) is 4.92. The summed E-state index contributed by atoms with van der Waals surface area (Å²) in [4.78, 5) is 6.58. The highest BCUT2D eigenvalue weighted by Crippen LogP contribution is 2.30. The molecule has 0 bridgehead atoms. The van der Waals surface area contributed by atoms with Crippen LogP contribution in [0.2, 0.25) is 0 Å². The molecule has 0 saturated carbocycles. The normalized spacial score (nSPS) is 11.5. The summed E-state index contributed by atoms with van der Waals surface area (Å²) in [5, 5.41) is 0. The first-order valence-electron chi connectivity index (χ1n) is 9.78. The number of aryl methyl sites for hydroxylation is 1. The molecular weight excluding hydrogens is 389 g/mol. The standard InChI is InChI=1S/C24H25F3N2O/c1-29(22-7-3-5-18(15-22)6-4-14-30-2)17-19-8-13-23(28-16-19)20-9-11-21(12-10-20)24(25,26)27/h3,5,7-13,15-16H,4,6,14,17H2,1-2H3. The van der Waals surface area contributed by atoms with Crippen LogP contribution in [-0.4, -0.2) is 25.7 Å². The number of nitrogens with zero attached hydrogens (tertiary/aromatic N) is 2. The summed E-state index contributed by atoms with van der Waals surface area (Å²) in [6.07, 6.45) is -0.606. The van der Waals surface area contributed by atoms with Gasteiger partial charge in [0.1, 0.15) is 0 Å². The lowest BCUT2D eigenvalue weighted by Crippen LogP contribution is -2.16. The molecule has 2 aromatic carbocycles. The zero-order chi connectivity index (χ0) is 21.6. The minimum Gasteiger partial charge on any atom is -0.385 e. The molecule has 0 amide bonds. The van der Waals surface area contributed by atoms with Gasteiger partial charge in [0.2, 0.25) is 0 Å². The number of ether oxygens (including phenoxy) is 1. The lowest BCUT2D eigenvalue weighted by atomic mass is 10.1. The summed E-state index contributed by atoms with van der Waals surface area (Å²) >= 11 is 0. The molecule has 0 aliphatic heterocycles. The average Bonchev–Trinajstić information content (AvgIpc) is 2.74. The van der Waals surface area contributed by atoms with Gasteiger partial charge in [-0.25, -0.2) is 0 Å². The quantitative estimate of drug-likeness (QED) is 0.424. The van der Waals surface area contributed by atoms with Gasteiger partial charge in [-0.1, -0.05) is 30.3 Å². The van der Waals surface area contributed by atoms with Crippen LogP contribution in [0.15, 0.2) is 66.9 Å². The molecule has 0 spiro atoms. The van der Waals surface area contributed by atoms with Crippen LogP contribution in [0.3, 0.4) is 0 Å². The van der Waals surface area contributed by atoms with E-state index in [1.807, 2.05) is 19.2 Å². The summed E-state index contributed by atoms with van der Waals surface area (Å²) in [6, 6.07) is 17.3. The van der Waals surface area contributed by atoms with Crippen molar-refractivity contribution in [3.05, 3.63) is 83.6 Å². The third kappa shape index (κ3) is 5.83. The lowest BCUT2D eigenvalue weighted by Gasteiger charge is -2.20. The molecule has 3 aromatic rings. The van der Waals surface area contributed by atoms with Gasteiger partial charge in [0.15, 0.2) is 0 Å². The Morgan fingerprint density at radius 2 is 1.73 bits per heavy atom. The predicted octanol–water partition coefficient (Wildman–Crippen LogP) is 5.98. The fraction of sp³-hybridized carbons (Fsp3) is 0.292. The van der Waals surface area contributed by atoms with Gasteiger partial charge >= 0.3 is 6.18 Å². The van der Waals surface area contributed by atoms with Crippen molar-refractivity contribution in [1.82, 2.24) is 4.98 Å². The highest BCUT2D eigenvalue weighted by atomic mass is 19.4. The number of methoxy groups -OCH3 is 1. The fourth-order valence-corrected chi connectivity index (χ4v) is 3.25. The molecule has 1 aromatic heterocycles. The molecule has 3 nitrogen and oxygen atoms in total. The summed E-state index contributed by atoms with van der Waals surface area (Å²) in [7, 11) is 3.74.